The summed E-state index contributed by atoms with van der Waals surface area (Å²) < 4.78 is 0. The zero-order chi connectivity index (χ0) is 17.0. The Morgan fingerprint density at radius 2 is 2.13 bits per heavy atom. The van der Waals surface area contributed by atoms with Gasteiger partial charge in [0.1, 0.15) is 0 Å². The number of aliphatic imine (C=N–C) groups is 1. The van der Waals surface area contributed by atoms with Crippen LogP contribution in [0.2, 0.25) is 0 Å². The SMILES string of the molecule is Cc1ccccc1N/C(N)=N/c1nc(C(C)C(=O)[O-])cc(=O)[nH]1. The van der Waals surface area contributed by atoms with Gasteiger partial charge in [-0.1, -0.05) is 25.1 Å². The number of nitrogens with two attached hydrogens (primary N) is 1. The number of hydrogen-bond acceptors (Lipinski definition) is 5. The largest absolute Gasteiger partial charge is 0.549 e. The van der Waals surface area contributed by atoms with E-state index in [1.807, 2.05) is 31.2 Å². The summed E-state index contributed by atoms with van der Waals surface area (Å²) in [5.74, 6) is -2.43. The molecule has 0 amide bonds. The number of aromatic amines is 1. The lowest BCUT2D eigenvalue weighted by molar-refractivity contribution is -0.307. The molecule has 0 fully saturated rings. The molecular weight excluding hydrogens is 298 g/mol. The lowest BCUT2D eigenvalue weighted by Crippen LogP contribution is -2.29. The van der Waals surface area contributed by atoms with Gasteiger partial charge >= 0.3 is 0 Å². The Labute approximate surface area is 132 Å². The summed E-state index contributed by atoms with van der Waals surface area (Å²) in [6, 6.07) is 8.54. The summed E-state index contributed by atoms with van der Waals surface area (Å²) in [6.07, 6.45) is 0. The van der Waals surface area contributed by atoms with Gasteiger partial charge in [-0.15, -0.1) is 0 Å². The van der Waals surface area contributed by atoms with Gasteiger partial charge in [-0.25, -0.2) is 4.98 Å². The van der Waals surface area contributed by atoms with Gasteiger partial charge in [0.05, 0.1) is 11.7 Å². The maximum atomic E-state index is 11.6. The Kier molecular flexibility index (Phi) is 4.75. The van der Waals surface area contributed by atoms with Crippen molar-refractivity contribution < 1.29 is 9.90 Å². The van der Waals surface area contributed by atoms with Crippen LogP contribution in [0.15, 0.2) is 40.1 Å². The number of carbonyl (C=O) groups excluding carboxylic acids is 1. The number of nitrogens with one attached hydrogen (secondary N) is 2. The molecule has 4 N–H and O–H groups in total. The van der Waals surface area contributed by atoms with Gasteiger partial charge in [0.25, 0.3) is 5.56 Å². The summed E-state index contributed by atoms with van der Waals surface area (Å²) in [5.41, 5.74) is 7.04. The Morgan fingerprint density at radius 1 is 1.43 bits per heavy atom. The Balaban J connectivity index is 2.29. The summed E-state index contributed by atoms with van der Waals surface area (Å²) in [6.45, 7) is 3.28. The second kappa shape index (κ2) is 6.73. The fourth-order valence-corrected chi connectivity index (χ4v) is 1.85. The third kappa shape index (κ3) is 4.16. The number of carbonyl (C=O) groups is 1. The predicted octanol–water partition coefficient (Wildman–Crippen LogP) is -0.00998. The van der Waals surface area contributed by atoms with E-state index in [1.54, 1.807) is 0 Å². The smallest absolute Gasteiger partial charge is 0.252 e. The van der Waals surface area contributed by atoms with Gasteiger partial charge in [0.15, 0.2) is 0 Å². The number of hydrogen-bond donors (Lipinski definition) is 3. The first kappa shape index (κ1) is 16.2. The normalized spacial score (nSPS) is 12.7. The maximum absolute atomic E-state index is 11.6. The van der Waals surface area contributed by atoms with Gasteiger partial charge in [0.2, 0.25) is 11.9 Å². The molecule has 0 aliphatic rings. The van der Waals surface area contributed by atoms with Crippen LogP contribution >= 0.6 is 0 Å². The molecule has 8 heteroatoms. The highest BCUT2D eigenvalue weighted by Crippen LogP contribution is 2.14. The third-order valence-corrected chi connectivity index (χ3v) is 3.18. The van der Waals surface area contributed by atoms with Crippen LogP contribution in [-0.4, -0.2) is 21.9 Å². The fraction of sp³-hybridized carbons (Fsp3) is 0.200. The average Bonchev–Trinajstić information content (AvgIpc) is 2.48. The van der Waals surface area contributed by atoms with Gasteiger partial charge in [-0.2, -0.15) is 4.99 Å². The molecule has 0 bridgehead atoms. The van der Waals surface area contributed by atoms with Crippen molar-refractivity contribution in [3.63, 3.8) is 0 Å². The quantitative estimate of drug-likeness (QED) is 0.536. The average molecular weight is 314 g/mol. The fourth-order valence-electron chi connectivity index (χ4n) is 1.85. The number of carboxylic acid groups (broad SMARTS) is 1. The molecule has 0 aliphatic carbocycles. The molecule has 1 heterocycles. The van der Waals surface area contributed by atoms with Crippen molar-refractivity contribution in [1.29, 1.82) is 0 Å². The zero-order valence-corrected chi connectivity index (χ0v) is 12.7. The molecule has 120 valence electrons. The minimum atomic E-state index is -1.33. The van der Waals surface area contributed by atoms with Crippen LogP contribution in [0.3, 0.4) is 0 Å². The van der Waals surface area contributed by atoms with E-state index in [2.05, 4.69) is 20.3 Å². The number of benzene rings is 1. The Morgan fingerprint density at radius 3 is 2.78 bits per heavy atom. The summed E-state index contributed by atoms with van der Waals surface area (Å²) in [4.78, 5) is 32.8. The van der Waals surface area contributed by atoms with E-state index in [1.165, 1.54) is 6.92 Å². The monoisotopic (exact) mass is 314 g/mol. The Bertz CT molecular complexity index is 813. The first-order valence-electron chi connectivity index (χ1n) is 6.85. The summed E-state index contributed by atoms with van der Waals surface area (Å²) in [5, 5.41) is 13.8. The van der Waals surface area contributed by atoms with E-state index >= 15 is 0 Å². The molecule has 1 unspecified atom stereocenters. The molecule has 1 atom stereocenters. The van der Waals surface area contributed by atoms with Crippen LogP contribution in [0.4, 0.5) is 11.6 Å². The molecular formula is C15H16N5O3-. The number of aryl methyl sites for hydroxylation is 1. The number of anilines is 1. The Hall–Kier alpha value is -3.16. The zero-order valence-electron chi connectivity index (χ0n) is 12.7. The lowest BCUT2D eigenvalue weighted by Gasteiger charge is -2.12. The van der Waals surface area contributed by atoms with E-state index in [0.717, 1.165) is 17.3 Å². The first-order chi connectivity index (χ1) is 10.9. The molecule has 2 aromatic rings. The van der Waals surface area contributed by atoms with Gasteiger partial charge in [-0.3, -0.25) is 9.78 Å². The van der Waals surface area contributed by atoms with Crippen molar-refractivity contribution in [2.24, 2.45) is 10.7 Å². The van der Waals surface area contributed by atoms with Crippen molar-refractivity contribution in [2.45, 2.75) is 19.8 Å². The summed E-state index contributed by atoms with van der Waals surface area (Å²) >= 11 is 0. The van der Waals surface area contributed by atoms with Gasteiger partial charge < -0.3 is 21.0 Å². The molecule has 0 saturated carbocycles. The van der Waals surface area contributed by atoms with Crippen molar-refractivity contribution in [1.82, 2.24) is 9.97 Å². The second-order valence-corrected chi connectivity index (χ2v) is 4.97. The topological polar surface area (TPSA) is 136 Å². The minimum Gasteiger partial charge on any atom is -0.549 e. The van der Waals surface area contributed by atoms with E-state index < -0.39 is 17.4 Å². The van der Waals surface area contributed by atoms with Gasteiger partial charge in [0, 0.05) is 17.7 Å². The first-order valence-corrected chi connectivity index (χ1v) is 6.85. The predicted molar refractivity (Wildman–Crippen MR) is 84.4 cm³/mol. The molecule has 2 rings (SSSR count). The van der Waals surface area contributed by atoms with Crippen LogP contribution < -0.4 is 21.7 Å². The van der Waals surface area contributed by atoms with Crippen LogP contribution in [0.5, 0.6) is 0 Å². The van der Waals surface area contributed by atoms with E-state index in [4.69, 9.17) is 5.73 Å². The molecule has 23 heavy (non-hydrogen) atoms. The standard InChI is InChI=1S/C15H17N5O3/c1-8-5-3-4-6-10(8)17-14(16)20-15-18-11(7-12(21)19-15)9(2)13(22)23/h3-7,9H,1-2H3,(H,22,23)(H4,16,17,18,19,20,21)/p-1. The number of nitrogens with zero attached hydrogens (tertiary/aromatic N) is 2. The number of rotatable bonds is 4. The molecule has 0 radical (unpaired) electrons. The van der Waals surface area contributed by atoms with E-state index in [9.17, 15) is 14.7 Å². The maximum Gasteiger partial charge on any atom is 0.252 e. The van der Waals surface area contributed by atoms with Crippen LogP contribution in [0.1, 0.15) is 24.1 Å². The highest BCUT2D eigenvalue weighted by molar-refractivity contribution is 5.94. The van der Waals surface area contributed by atoms with Crippen molar-refractivity contribution in [3.8, 4) is 0 Å². The van der Waals surface area contributed by atoms with Crippen LogP contribution in [-0.2, 0) is 4.79 Å². The van der Waals surface area contributed by atoms with E-state index in [0.29, 0.717) is 0 Å². The molecule has 1 aromatic carbocycles. The summed E-state index contributed by atoms with van der Waals surface area (Å²) in [7, 11) is 0. The van der Waals surface area contributed by atoms with Crippen molar-refractivity contribution in [3.05, 3.63) is 51.9 Å². The number of aliphatic carboxylic acids is 1. The third-order valence-electron chi connectivity index (χ3n) is 3.18. The molecule has 0 spiro atoms. The number of para-hydroxylation sites is 1. The second-order valence-electron chi connectivity index (χ2n) is 4.97. The van der Waals surface area contributed by atoms with Gasteiger partial charge in [-0.05, 0) is 18.6 Å². The minimum absolute atomic E-state index is 0.0145. The number of H-pyrrole nitrogens is 1. The van der Waals surface area contributed by atoms with Crippen LogP contribution in [0.25, 0.3) is 0 Å². The van der Waals surface area contributed by atoms with Crippen LogP contribution in [0, 0.1) is 6.92 Å². The molecule has 1 aromatic heterocycles. The molecule has 8 nitrogen and oxygen atoms in total. The lowest BCUT2D eigenvalue weighted by atomic mass is 10.1. The number of guanidine groups is 1. The van der Waals surface area contributed by atoms with E-state index in [-0.39, 0.29) is 17.6 Å². The number of carboxylic acids is 1. The molecule has 0 aliphatic heterocycles. The number of aromatic nitrogens is 2. The van der Waals surface area contributed by atoms with Crippen molar-refractivity contribution >= 4 is 23.6 Å². The highest BCUT2D eigenvalue weighted by atomic mass is 16.4. The molecule has 0 saturated heterocycles. The highest BCUT2D eigenvalue weighted by Gasteiger charge is 2.11. The van der Waals surface area contributed by atoms with Crippen molar-refractivity contribution in [2.75, 3.05) is 5.32 Å².